The smallest absolute Gasteiger partial charge is 0.193 e. The molecule has 1 aromatic carbocycles. The van der Waals surface area contributed by atoms with Gasteiger partial charge in [-0.1, -0.05) is 6.07 Å². The number of piperazine rings is 2. The van der Waals surface area contributed by atoms with Gasteiger partial charge in [-0.15, -0.1) is 0 Å². The number of hydrogen-bond acceptors (Lipinski definition) is 5. The van der Waals surface area contributed by atoms with Crippen molar-refractivity contribution < 1.29 is 4.39 Å². The molecule has 1 aromatic heterocycles. The molecule has 0 saturated carbocycles. The van der Waals surface area contributed by atoms with Gasteiger partial charge in [-0.05, 0) is 36.4 Å². The lowest BCUT2D eigenvalue weighted by Crippen LogP contribution is -2.54. The van der Waals surface area contributed by atoms with Gasteiger partial charge in [0.25, 0.3) is 0 Å². The molecule has 2 saturated heterocycles. The highest BCUT2D eigenvalue weighted by atomic mass is 19.1. The Bertz CT molecular complexity index is 827. The van der Waals surface area contributed by atoms with Crippen LogP contribution in [0.5, 0.6) is 0 Å². The summed E-state index contributed by atoms with van der Waals surface area (Å²) in [7, 11) is 1.86. The van der Waals surface area contributed by atoms with Crippen molar-refractivity contribution >= 4 is 17.5 Å². The van der Waals surface area contributed by atoms with E-state index in [1.807, 2.05) is 37.5 Å². The second kappa shape index (κ2) is 10.4. The molecule has 7 nitrogen and oxygen atoms in total. The molecule has 0 spiro atoms. The molecule has 0 bridgehead atoms. The Kier molecular flexibility index (Phi) is 7.19. The van der Waals surface area contributed by atoms with E-state index in [0.29, 0.717) is 0 Å². The van der Waals surface area contributed by atoms with Crippen LogP contribution in [0.15, 0.2) is 53.7 Å². The average Bonchev–Trinajstić information content (AvgIpc) is 2.84. The molecule has 2 aromatic rings. The van der Waals surface area contributed by atoms with Crippen LogP contribution in [0.1, 0.15) is 0 Å². The molecule has 8 heteroatoms. The maximum absolute atomic E-state index is 13.1. The minimum absolute atomic E-state index is 0.181. The SMILES string of the molecule is CN=C(NCCN1CCN(c2ccc(F)cc2)CC1)N1CCN(c2ccccn2)CC1. The number of nitrogens with zero attached hydrogens (tertiary/aromatic N) is 6. The Hall–Kier alpha value is -2.87. The van der Waals surface area contributed by atoms with Crippen LogP contribution >= 0.6 is 0 Å². The molecule has 1 N–H and O–H groups in total. The maximum Gasteiger partial charge on any atom is 0.193 e. The molecular formula is C23H32FN7. The highest BCUT2D eigenvalue weighted by molar-refractivity contribution is 5.80. The number of rotatable bonds is 5. The Morgan fingerprint density at radius 1 is 0.935 bits per heavy atom. The van der Waals surface area contributed by atoms with Crippen LogP contribution in [0.4, 0.5) is 15.9 Å². The zero-order valence-corrected chi connectivity index (χ0v) is 18.3. The predicted molar refractivity (Wildman–Crippen MR) is 124 cm³/mol. The molecule has 0 unspecified atom stereocenters. The van der Waals surface area contributed by atoms with Crippen LogP contribution < -0.4 is 15.1 Å². The van der Waals surface area contributed by atoms with Crippen molar-refractivity contribution in [2.75, 3.05) is 82.3 Å². The van der Waals surface area contributed by atoms with Gasteiger partial charge < -0.3 is 20.0 Å². The van der Waals surface area contributed by atoms with Gasteiger partial charge in [-0.2, -0.15) is 0 Å². The molecule has 3 heterocycles. The summed E-state index contributed by atoms with van der Waals surface area (Å²) in [5, 5.41) is 3.54. The van der Waals surface area contributed by atoms with Gasteiger partial charge in [0.1, 0.15) is 11.6 Å². The summed E-state index contributed by atoms with van der Waals surface area (Å²) in [5.41, 5.74) is 1.10. The van der Waals surface area contributed by atoms with Gasteiger partial charge in [0.05, 0.1) is 0 Å². The topological polar surface area (TPSA) is 50.2 Å². The van der Waals surface area contributed by atoms with E-state index in [0.717, 1.165) is 82.9 Å². The fourth-order valence-electron chi connectivity index (χ4n) is 4.23. The summed E-state index contributed by atoms with van der Waals surface area (Å²) >= 11 is 0. The van der Waals surface area contributed by atoms with Crippen LogP contribution in [0, 0.1) is 5.82 Å². The normalized spacial score (nSPS) is 18.4. The Labute approximate surface area is 184 Å². The number of halogens is 1. The van der Waals surface area contributed by atoms with E-state index in [9.17, 15) is 4.39 Å². The van der Waals surface area contributed by atoms with E-state index in [-0.39, 0.29) is 5.82 Å². The lowest BCUT2D eigenvalue weighted by Gasteiger charge is -2.38. The number of guanidine groups is 1. The molecule has 2 aliphatic rings. The molecular weight excluding hydrogens is 393 g/mol. The third-order valence-electron chi connectivity index (χ3n) is 6.04. The van der Waals surface area contributed by atoms with E-state index in [2.05, 4.69) is 41.0 Å². The molecule has 0 aliphatic carbocycles. The number of hydrogen-bond donors (Lipinski definition) is 1. The quantitative estimate of drug-likeness (QED) is 0.582. The molecule has 4 rings (SSSR count). The third-order valence-corrected chi connectivity index (χ3v) is 6.04. The zero-order valence-electron chi connectivity index (χ0n) is 18.3. The van der Waals surface area contributed by atoms with Crippen molar-refractivity contribution in [3.8, 4) is 0 Å². The molecule has 31 heavy (non-hydrogen) atoms. The van der Waals surface area contributed by atoms with Gasteiger partial charge in [0, 0.05) is 84.4 Å². The molecule has 2 fully saturated rings. The van der Waals surface area contributed by atoms with Gasteiger partial charge in [0.2, 0.25) is 0 Å². The van der Waals surface area contributed by atoms with Crippen molar-refractivity contribution in [2.24, 2.45) is 4.99 Å². The molecule has 2 aliphatic heterocycles. The molecule has 0 amide bonds. The Morgan fingerprint density at radius 2 is 1.65 bits per heavy atom. The summed E-state index contributed by atoms with van der Waals surface area (Å²) < 4.78 is 13.1. The zero-order chi connectivity index (χ0) is 21.5. The maximum atomic E-state index is 13.1. The largest absolute Gasteiger partial charge is 0.369 e. The van der Waals surface area contributed by atoms with Gasteiger partial charge in [-0.25, -0.2) is 9.37 Å². The van der Waals surface area contributed by atoms with Crippen LogP contribution in [0.3, 0.4) is 0 Å². The van der Waals surface area contributed by atoms with Crippen molar-refractivity contribution in [1.29, 1.82) is 0 Å². The summed E-state index contributed by atoms with van der Waals surface area (Å²) in [5.74, 6) is 1.84. The number of pyridine rings is 1. The minimum atomic E-state index is -0.181. The first kappa shape index (κ1) is 21.4. The fourth-order valence-corrected chi connectivity index (χ4v) is 4.23. The minimum Gasteiger partial charge on any atom is -0.369 e. The van der Waals surface area contributed by atoms with E-state index in [4.69, 9.17) is 0 Å². The average molecular weight is 426 g/mol. The summed E-state index contributed by atoms with van der Waals surface area (Å²) in [6, 6.07) is 12.9. The lowest BCUT2D eigenvalue weighted by atomic mass is 10.2. The predicted octanol–water partition coefficient (Wildman–Crippen LogP) is 1.74. The van der Waals surface area contributed by atoms with E-state index >= 15 is 0 Å². The second-order valence-electron chi connectivity index (χ2n) is 7.94. The van der Waals surface area contributed by atoms with Crippen LogP contribution in [-0.2, 0) is 0 Å². The number of nitrogens with one attached hydrogen (secondary N) is 1. The summed E-state index contributed by atoms with van der Waals surface area (Å²) in [6.07, 6.45) is 1.85. The molecule has 0 atom stereocenters. The molecule has 166 valence electrons. The Balaban J connectivity index is 1.17. The van der Waals surface area contributed by atoms with Crippen LogP contribution in [0.2, 0.25) is 0 Å². The van der Waals surface area contributed by atoms with Gasteiger partial charge in [0.15, 0.2) is 5.96 Å². The number of aromatic nitrogens is 1. The highest BCUT2D eigenvalue weighted by Gasteiger charge is 2.21. The first-order chi connectivity index (χ1) is 15.2. The number of aliphatic imine (C=N–C) groups is 1. The monoisotopic (exact) mass is 425 g/mol. The van der Waals surface area contributed by atoms with Crippen LogP contribution in [-0.4, -0.2) is 93.2 Å². The third kappa shape index (κ3) is 5.64. The highest BCUT2D eigenvalue weighted by Crippen LogP contribution is 2.17. The first-order valence-electron chi connectivity index (χ1n) is 11.1. The lowest BCUT2D eigenvalue weighted by molar-refractivity contribution is 0.260. The number of benzene rings is 1. The molecule has 0 radical (unpaired) electrons. The van der Waals surface area contributed by atoms with Crippen molar-refractivity contribution in [1.82, 2.24) is 20.1 Å². The van der Waals surface area contributed by atoms with Crippen molar-refractivity contribution in [3.63, 3.8) is 0 Å². The van der Waals surface area contributed by atoms with E-state index in [1.165, 1.54) is 12.1 Å². The van der Waals surface area contributed by atoms with Gasteiger partial charge in [-0.3, -0.25) is 9.89 Å². The van der Waals surface area contributed by atoms with Crippen molar-refractivity contribution in [3.05, 3.63) is 54.5 Å². The van der Waals surface area contributed by atoms with Crippen molar-refractivity contribution in [2.45, 2.75) is 0 Å². The standard InChI is InChI=1S/C23H32FN7/c1-25-23(31-18-16-30(17-19-31)22-4-2-3-9-26-22)27-10-11-28-12-14-29(15-13-28)21-7-5-20(24)6-8-21/h2-9H,10-19H2,1H3,(H,25,27). The second-order valence-corrected chi connectivity index (χ2v) is 7.94. The van der Waals surface area contributed by atoms with Crippen LogP contribution in [0.25, 0.3) is 0 Å². The van der Waals surface area contributed by atoms with E-state index in [1.54, 1.807) is 0 Å². The Morgan fingerprint density at radius 3 is 2.29 bits per heavy atom. The summed E-state index contributed by atoms with van der Waals surface area (Å²) in [4.78, 5) is 18.4. The number of anilines is 2. The van der Waals surface area contributed by atoms with Gasteiger partial charge >= 0.3 is 0 Å². The summed E-state index contributed by atoms with van der Waals surface area (Å²) in [6.45, 7) is 9.60. The first-order valence-corrected chi connectivity index (χ1v) is 11.1. The van der Waals surface area contributed by atoms with E-state index < -0.39 is 0 Å². The fraction of sp³-hybridized carbons (Fsp3) is 0.478.